The fourth-order valence-corrected chi connectivity index (χ4v) is 2.89. The molecule has 0 aliphatic heterocycles. The number of aromatic nitrogens is 2. The molecule has 6 heteroatoms. The second kappa shape index (κ2) is 5.57. The Morgan fingerprint density at radius 1 is 1.35 bits per heavy atom. The minimum atomic E-state index is -0.640. The van der Waals surface area contributed by atoms with E-state index in [0.717, 1.165) is 8.66 Å². The van der Waals surface area contributed by atoms with E-state index in [-0.39, 0.29) is 0 Å². The highest BCUT2D eigenvalue weighted by Crippen LogP contribution is 2.26. The van der Waals surface area contributed by atoms with Gasteiger partial charge in [0.2, 0.25) is 5.88 Å². The Kier molecular flexibility index (Phi) is 4.09. The predicted molar refractivity (Wildman–Crippen MR) is 69.3 cm³/mol. The van der Waals surface area contributed by atoms with Crippen molar-refractivity contribution >= 4 is 27.3 Å². The van der Waals surface area contributed by atoms with Crippen molar-refractivity contribution in [3.05, 3.63) is 38.6 Å². The van der Waals surface area contributed by atoms with E-state index in [2.05, 4.69) is 26.1 Å². The van der Waals surface area contributed by atoms with Crippen molar-refractivity contribution in [3.63, 3.8) is 0 Å². The zero-order chi connectivity index (χ0) is 12.3. The Bertz CT molecular complexity index is 486. The summed E-state index contributed by atoms with van der Waals surface area (Å²) in [6.45, 7) is 0. The number of ether oxygens (including phenoxy) is 1. The Morgan fingerprint density at radius 3 is 2.71 bits per heavy atom. The highest BCUT2D eigenvalue weighted by Gasteiger charge is 2.12. The number of methoxy groups -OCH3 is 1. The number of aliphatic hydroxyl groups excluding tert-OH is 1. The molecule has 1 N–H and O–H groups in total. The first-order valence-electron chi connectivity index (χ1n) is 4.99. The minimum Gasteiger partial charge on any atom is -0.480 e. The van der Waals surface area contributed by atoms with E-state index in [4.69, 9.17) is 4.74 Å². The second-order valence-corrected chi connectivity index (χ2v) is 5.97. The maximum Gasteiger partial charge on any atom is 0.233 e. The Hall–Kier alpha value is -0.980. The van der Waals surface area contributed by atoms with Crippen molar-refractivity contribution in [2.75, 3.05) is 7.11 Å². The van der Waals surface area contributed by atoms with Gasteiger partial charge >= 0.3 is 0 Å². The van der Waals surface area contributed by atoms with Crippen LogP contribution >= 0.6 is 27.3 Å². The number of thiophene rings is 1. The Morgan fingerprint density at radius 2 is 2.18 bits per heavy atom. The monoisotopic (exact) mass is 314 g/mol. The van der Waals surface area contributed by atoms with Gasteiger partial charge in [0.25, 0.3) is 0 Å². The topological polar surface area (TPSA) is 55.2 Å². The van der Waals surface area contributed by atoms with Crippen molar-refractivity contribution in [1.29, 1.82) is 0 Å². The fraction of sp³-hybridized carbons (Fsp3) is 0.273. The van der Waals surface area contributed by atoms with Crippen LogP contribution in [0.2, 0.25) is 0 Å². The van der Waals surface area contributed by atoms with Gasteiger partial charge in [-0.3, -0.25) is 0 Å². The maximum absolute atomic E-state index is 9.99. The molecule has 2 aromatic heterocycles. The number of halogens is 1. The zero-order valence-corrected chi connectivity index (χ0v) is 11.5. The third-order valence-electron chi connectivity index (χ3n) is 2.23. The number of rotatable bonds is 4. The molecule has 0 radical (unpaired) electrons. The molecule has 0 spiro atoms. The summed E-state index contributed by atoms with van der Waals surface area (Å²) in [5, 5.41) is 17.7. The van der Waals surface area contributed by atoms with E-state index in [1.54, 1.807) is 23.5 Å². The van der Waals surface area contributed by atoms with Crippen LogP contribution in [0, 0.1) is 0 Å². The first-order chi connectivity index (χ1) is 8.19. The van der Waals surface area contributed by atoms with Crippen molar-refractivity contribution in [2.24, 2.45) is 0 Å². The molecule has 0 aromatic carbocycles. The van der Waals surface area contributed by atoms with Crippen LogP contribution in [0.1, 0.15) is 16.7 Å². The molecule has 0 fully saturated rings. The predicted octanol–water partition coefficient (Wildman–Crippen LogP) is 2.59. The molecule has 0 saturated heterocycles. The average Bonchev–Trinajstić information content (AvgIpc) is 2.75. The molecule has 17 heavy (non-hydrogen) atoms. The van der Waals surface area contributed by atoms with Crippen LogP contribution in [0.25, 0.3) is 0 Å². The van der Waals surface area contributed by atoms with Gasteiger partial charge in [-0.2, -0.15) is 0 Å². The summed E-state index contributed by atoms with van der Waals surface area (Å²) < 4.78 is 5.97. The SMILES string of the molecule is COc1ccc(C(O)Cc2ccc(Br)s2)nn1. The Balaban J connectivity index is 2.06. The minimum absolute atomic E-state index is 0.444. The summed E-state index contributed by atoms with van der Waals surface area (Å²) in [7, 11) is 1.53. The van der Waals surface area contributed by atoms with Crippen LogP contribution in [0.4, 0.5) is 0 Å². The summed E-state index contributed by atoms with van der Waals surface area (Å²) in [6.07, 6.45) is -0.101. The van der Waals surface area contributed by atoms with Crippen LogP contribution in [-0.4, -0.2) is 22.4 Å². The highest BCUT2D eigenvalue weighted by molar-refractivity contribution is 9.11. The number of aliphatic hydroxyl groups is 1. The molecule has 2 heterocycles. The smallest absolute Gasteiger partial charge is 0.233 e. The van der Waals surface area contributed by atoms with E-state index < -0.39 is 6.10 Å². The normalized spacial score (nSPS) is 12.4. The molecule has 90 valence electrons. The number of hydrogen-bond donors (Lipinski definition) is 1. The molecule has 2 rings (SSSR count). The molecule has 0 amide bonds. The van der Waals surface area contributed by atoms with Crippen LogP contribution in [0.15, 0.2) is 28.1 Å². The van der Waals surface area contributed by atoms with Gasteiger partial charge in [0, 0.05) is 17.4 Å². The standard InChI is InChI=1S/C11H11BrN2O2S/c1-16-11-5-3-8(13-14-11)9(15)6-7-2-4-10(12)17-7/h2-5,9,15H,6H2,1H3. The van der Waals surface area contributed by atoms with E-state index >= 15 is 0 Å². The summed E-state index contributed by atoms with van der Waals surface area (Å²) in [4.78, 5) is 1.10. The number of hydrogen-bond acceptors (Lipinski definition) is 5. The van der Waals surface area contributed by atoms with Gasteiger partial charge in [0.15, 0.2) is 0 Å². The van der Waals surface area contributed by atoms with Crippen molar-refractivity contribution in [3.8, 4) is 5.88 Å². The van der Waals surface area contributed by atoms with Crippen LogP contribution in [-0.2, 0) is 6.42 Å². The van der Waals surface area contributed by atoms with E-state index in [1.165, 1.54) is 7.11 Å². The average molecular weight is 315 g/mol. The third-order valence-corrected chi connectivity index (χ3v) is 3.88. The molecular weight excluding hydrogens is 304 g/mol. The van der Waals surface area contributed by atoms with Gasteiger partial charge in [0.05, 0.1) is 16.6 Å². The van der Waals surface area contributed by atoms with Gasteiger partial charge in [-0.1, -0.05) is 0 Å². The van der Waals surface area contributed by atoms with Crippen molar-refractivity contribution in [1.82, 2.24) is 10.2 Å². The van der Waals surface area contributed by atoms with Gasteiger partial charge in [0.1, 0.15) is 6.10 Å². The van der Waals surface area contributed by atoms with Gasteiger partial charge in [-0.15, -0.1) is 21.5 Å². The maximum atomic E-state index is 9.99. The zero-order valence-electron chi connectivity index (χ0n) is 9.13. The van der Waals surface area contributed by atoms with Crippen LogP contribution in [0.5, 0.6) is 5.88 Å². The molecule has 1 unspecified atom stereocenters. The van der Waals surface area contributed by atoms with Crippen molar-refractivity contribution < 1.29 is 9.84 Å². The van der Waals surface area contributed by atoms with E-state index in [9.17, 15) is 5.11 Å². The van der Waals surface area contributed by atoms with Gasteiger partial charge < -0.3 is 9.84 Å². The van der Waals surface area contributed by atoms with Gasteiger partial charge in [-0.05, 0) is 34.1 Å². The second-order valence-electron chi connectivity index (χ2n) is 3.43. The summed E-state index contributed by atoms with van der Waals surface area (Å²) in [5.74, 6) is 0.444. The first kappa shape index (κ1) is 12.5. The first-order valence-corrected chi connectivity index (χ1v) is 6.60. The molecule has 0 saturated carbocycles. The molecular formula is C11H11BrN2O2S. The lowest BCUT2D eigenvalue weighted by Crippen LogP contribution is -2.04. The number of nitrogens with zero attached hydrogens (tertiary/aromatic N) is 2. The lowest BCUT2D eigenvalue weighted by Gasteiger charge is -2.08. The molecule has 0 aliphatic carbocycles. The fourth-order valence-electron chi connectivity index (χ4n) is 1.37. The molecule has 2 aromatic rings. The molecule has 0 aliphatic rings. The van der Waals surface area contributed by atoms with Crippen LogP contribution in [0.3, 0.4) is 0 Å². The van der Waals surface area contributed by atoms with Gasteiger partial charge in [-0.25, -0.2) is 0 Å². The van der Waals surface area contributed by atoms with Crippen LogP contribution < -0.4 is 4.74 Å². The lowest BCUT2D eigenvalue weighted by molar-refractivity contribution is 0.173. The molecule has 4 nitrogen and oxygen atoms in total. The molecule has 1 atom stereocenters. The van der Waals surface area contributed by atoms with E-state index in [1.807, 2.05) is 12.1 Å². The van der Waals surface area contributed by atoms with E-state index in [0.29, 0.717) is 18.0 Å². The summed E-state index contributed by atoms with van der Waals surface area (Å²) in [5.41, 5.74) is 0.551. The quantitative estimate of drug-likeness (QED) is 0.942. The highest BCUT2D eigenvalue weighted by atomic mass is 79.9. The summed E-state index contributed by atoms with van der Waals surface area (Å²) >= 11 is 4.99. The third kappa shape index (κ3) is 3.24. The summed E-state index contributed by atoms with van der Waals surface area (Å²) in [6, 6.07) is 7.36. The largest absolute Gasteiger partial charge is 0.480 e. The molecule has 0 bridgehead atoms. The van der Waals surface area contributed by atoms with Crippen molar-refractivity contribution in [2.45, 2.75) is 12.5 Å². The lowest BCUT2D eigenvalue weighted by atomic mass is 10.1. The Labute approximate surface area is 111 Å².